The van der Waals surface area contributed by atoms with Crippen molar-refractivity contribution in [1.82, 2.24) is 23.6 Å². The van der Waals surface area contributed by atoms with Crippen molar-refractivity contribution >= 4 is 75.0 Å². The van der Waals surface area contributed by atoms with Crippen LogP contribution in [0.25, 0.3) is 17.2 Å². The van der Waals surface area contributed by atoms with Crippen molar-refractivity contribution in [2.45, 2.75) is 13.1 Å². The third-order valence-electron chi connectivity index (χ3n) is 8.09. The summed E-state index contributed by atoms with van der Waals surface area (Å²) in [7, 11) is 4.31. The maximum atomic E-state index is 13.4. The van der Waals surface area contributed by atoms with Gasteiger partial charge in [-0.2, -0.15) is 4.98 Å². The second kappa shape index (κ2) is 13.1. The third kappa shape index (κ3) is 5.98. The highest BCUT2D eigenvalue weighted by atomic mass is 35.5. The zero-order valence-corrected chi connectivity index (χ0v) is 29.4. The fourth-order valence-electron chi connectivity index (χ4n) is 5.47. The van der Waals surface area contributed by atoms with Crippen LogP contribution in [0.2, 0.25) is 15.1 Å². The number of aryl methyl sites for hydroxylation is 1. The summed E-state index contributed by atoms with van der Waals surface area (Å²) in [5.74, 6) is 0.963. The first kappa shape index (κ1) is 33.6. The molecule has 3 aromatic carbocycles. The number of halogens is 3. The van der Waals surface area contributed by atoms with Crippen molar-refractivity contribution in [3.8, 4) is 29.0 Å². The molecular formula is C33H24Cl3N5O8S. The van der Waals surface area contributed by atoms with Crippen LogP contribution in [0.5, 0.6) is 29.0 Å². The minimum Gasteiger partial charge on any atom is -0.493 e. The smallest absolute Gasteiger partial charge is 0.332 e. The van der Waals surface area contributed by atoms with E-state index in [1.165, 1.54) is 30.3 Å². The molecule has 1 fully saturated rings. The van der Waals surface area contributed by atoms with Crippen molar-refractivity contribution < 1.29 is 28.5 Å². The number of carbonyl (C=O) groups excluding carboxylic acids is 2. The van der Waals surface area contributed by atoms with Crippen LogP contribution in [0.4, 0.5) is 4.79 Å². The minimum absolute atomic E-state index is 0.0151. The highest BCUT2D eigenvalue weighted by Crippen LogP contribution is 2.40. The van der Waals surface area contributed by atoms with Gasteiger partial charge in [-0.05, 0) is 64.9 Å². The van der Waals surface area contributed by atoms with Crippen LogP contribution in [0, 0.1) is 0 Å². The van der Waals surface area contributed by atoms with E-state index in [0.717, 1.165) is 21.2 Å². The number of methoxy groups -OCH3 is 1. The number of hydrogen-bond donors (Lipinski definition) is 0. The number of benzene rings is 3. The predicted molar refractivity (Wildman–Crippen MR) is 188 cm³/mol. The number of fused-ring (bicyclic) bond motifs is 2. The maximum absolute atomic E-state index is 13.4. The number of thioether (sulfide) groups is 1. The van der Waals surface area contributed by atoms with Gasteiger partial charge in [0.1, 0.15) is 0 Å². The molecule has 4 heterocycles. The monoisotopic (exact) mass is 755 g/mol. The zero-order valence-electron chi connectivity index (χ0n) is 26.4. The van der Waals surface area contributed by atoms with E-state index < -0.39 is 22.4 Å². The molecule has 50 heavy (non-hydrogen) atoms. The van der Waals surface area contributed by atoms with E-state index in [1.54, 1.807) is 54.6 Å². The largest absolute Gasteiger partial charge is 0.493 e. The van der Waals surface area contributed by atoms with Gasteiger partial charge < -0.3 is 18.9 Å². The van der Waals surface area contributed by atoms with E-state index in [2.05, 4.69) is 4.98 Å². The molecule has 17 heteroatoms. The molecule has 7 rings (SSSR count). The van der Waals surface area contributed by atoms with Gasteiger partial charge in [0, 0.05) is 35.2 Å². The van der Waals surface area contributed by atoms with Crippen LogP contribution in [0.15, 0.2) is 63.0 Å². The average molecular weight is 757 g/mol. The fourth-order valence-corrected chi connectivity index (χ4v) is 6.99. The number of imidazole rings is 1. The lowest BCUT2D eigenvalue weighted by Gasteiger charge is -2.14. The number of carbonyl (C=O) groups is 2. The first-order valence-electron chi connectivity index (χ1n) is 14.7. The summed E-state index contributed by atoms with van der Waals surface area (Å²) >= 11 is 19.8. The number of nitrogens with zero attached hydrogens (tertiary/aromatic N) is 5. The van der Waals surface area contributed by atoms with E-state index in [4.69, 9.17) is 53.8 Å². The standard InChI is InChI=1S/C33H24Cl3N5O8S/c1-38-28-27(30(43)39(2)32(38)44)40(13-17-5-6-19(34)11-20(17)35)31(37-28)49-22-7-4-16(8-23(22)46-3)9-26-29(42)41(33(45)50-26)14-18-10-24-25(12-21(18)36)48-15-47-24/h4-12H,13-15H2,1-3H3/b26-9+. The molecule has 0 N–H and O–H groups in total. The average Bonchev–Trinajstić information content (AvgIpc) is 3.77. The number of amides is 2. The van der Waals surface area contributed by atoms with Gasteiger partial charge in [-0.25, -0.2) is 4.79 Å². The predicted octanol–water partition coefficient (Wildman–Crippen LogP) is 6.21. The molecule has 2 aromatic heterocycles. The maximum Gasteiger partial charge on any atom is 0.332 e. The molecule has 0 unspecified atom stereocenters. The Bertz CT molecular complexity index is 2420. The van der Waals surface area contributed by atoms with Gasteiger partial charge in [-0.15, -0.1) is 0 Å². The summed E-state index contributed by atoms with van der Waals surface area (Å²) in [6.45, 7) is 0.0690. The van der Waals surface area contributed by atoms with Gasteiger partial charge in [0.05, 0.1) is 25.1 Å². The summed E-state index contributed by atoms with van der Waals surface area (Å²) in [6.07, 6.45) is 1.57. The summed E-state index contributed by atoms with van der Waals surface area (Å²) in [5.41, 5.74) is 0.772. The lowest BCUT2D eigenvalue weighted by molar-refractivity contribution is -0.123. The van der Waals surface area contributed by atoms with Gasteiger partial charge in [0.25, 0.3) is 16.7 Å². The molecule has 0 saturated carbocycles. The third-order valence-corrected chi connectivity index (χ3v) is 9.93. The topological polar surface area (TPSA) is 136 Å². The number of aromatic nitrogens is 4. The molecule has 0 spiro atoms. The summed E-state index contributed by atoms with van der Waals surface area (Å²) in [6, 6.07) is 13.1. The number of rotatable bonds is 8. The van der Waals surface area contributed by atoms with Gasteiger partial charge in [-0.3, -0.25) is 33.0 Å². The lowest BCUT2D eigenvalue weighted by atomic mass is 10.1. The Morgan fingerprint density at radius 3 is 2.36 bits per heavy atom. The van der Waals surface area contributed by atoms with Gasteiger partial charge in [0.2, 0.25) is 6.79 Å². The van der Waals surface area contributed by atoms with Crippen LogP contribution in [0.1, 0.15) is 16.7 Å². The molecule has 256 valence electrons. The minimum atomic E-state index is -0.576. The molecule has 2 aliphatic heterocycles. The number of ether oxygens (including phenoxy) is 4. The van der Waals surface area contributed by atoms with Crippen LogP contribution in [-0.4, -0.2) is 48.6 Å². The van der Waals surface area contributed by atoms with Crippen molar-refractivity contribution in [3.63, 3.8) is 0 Å². The molecule has 0 aliphatic carbocycles. The summed E-state index contributed by atoms with van der Waals surface area (Å²) in [4.78, 5) is 58.1. The highest BCUT2D eigenvalue weighted by Gasteiger charge is 2.36. The van der Waals surface area contributed by atoms with Gasteiger partial charge in [-0.1, -0.05) is 46.9 Å². The van der Waals surface area contributed by atoms with Crippen molar-refractivity contribution in [3.05, 3.63) is 106 Å². The van der Waals surface area contributed by atoms with Crippen molar-refractivity contribution in [2.75, 3.05) is 13.9 Å². The fraction of sp³-hybridized carbons (Fsp3) is 0.182. The number of hydrogen-bond acceptors (Lipinski definition) is 10. The molecule has 2 aliphatic rings. The summed E-state index contributed by atoms with van der Waals surface area (Å²) in [5, 5.41) is 0.678. The van der Waals surface area contributed by atoms with Crippen LogP contribution >= 0.6 is 46.6 Å². The molecule has 13 nitrogen and oxygen atoms in total. The Labute approximate surface area is 302 Å². The van der Waals surface area contributed by atoms with Crippen LogP contribution < -0.4 is 30.2 Å². The van der Waals surface area contributed by atoms with Crippen LogP contribution in [0.3, 0.4) is 0 Å². The normalized spacial score (nSPS) is 14.8. The highest BCUT2D eigenvalue weighted by molar-refractivity contribution is 8.18. The quantitative estimate of drug-likeness (QED) is 0.168. The zero-order chi connectivity index (χ0) is 35.4. The SMILES string of the molecule is COc1cc(/C=C2/SC(=O)N(Cc3cc4c(cc3Cl)OCO4)C2=O)ccc1Oc1nc2c(c(=O)n(C)c(=O)n2C)n1Cc1ccc(Cl)cc1Cl. The summed E-state index contributed by atoms with van der Waals surface area (Å²) < 4.78 is 26.3. The molecule has 0 radical (unpaired) electrons. The van der Waals surface area contributed by atoms with E-state index in [1.807, 2.05) is 0 Å². The lowest BCUT2D eigenvalue weighted by Crippen LogP contribution is -2.37. The van der Waals surface area contributed by atoms with E-state index in [0.29, 0.717) is 43.3 Å². The second-order valence-electron chi connectivity index (χ2n) is 11.2. The Balaban J connectivity index is 1.20. The van der Waals surface area contributed by atoms with E-state index in [-0.39, 0.29) is 53.5 Å². The Kier molecular flexibility index (Phi) is 8.80. The van der Waals surface area contributed by atoms with Gasteiger partial charge in [0.15, 0.2) is 34.2 Å². The molecular weight excluding hydrogens is 733 g/mol. The Morgan fingerprint density at radius 2 is 1.62 bits per heavy atom. The first-order chi connectivity index (χ1) is 23.9. The Hall–Kier alpha value is -4.89. The van der Waals surface area contributed by atoms with Gasteiger partial charge >= 0.3 is 11.7 Å². The first-order valence-corrected chi connectivity index (χ1v) is 16.7. The van der Waals surface area contributed by atoms with E-state index in [9.17, 15) is 19.2 Å². The molecule has 0 atom stereocenters. The second-order valence-corrected chi connectivity index (χ2v) is 13.4. The number of imide groups is 1. The molecule has 0 bridgehead atoms. The van der Waals surface area contributed by atoms with E-state index >= 15 is 0 Å². The Morgan fingerprint density at radius 1 is 0.880 bits per heavy atom. The van der Waals surface area contributed by atoms with Crippen molar-refractivity contribution in [2.24, 2.45) is 14.1 Å². The molecule has 5 aromatic rings. The van der Waals surface area contributed by atoms with Crippen molar-refractivity contribution in [1.29, 1.82) is 0 Å². The van der Waals surface area contributed by atoms with Crippen LogP contribution in [-0.2, 0) is 32.0 Å². The molecule has 1 saturated heterocycles. The molecule has 2 amide bonds.